The van der Waals surface area contributed by atoms with Gasteiger partial charge in [-0.25, -0.2) is 0 Å². The minimum absolute atomic E-state index is 0.126. The predicted octanol–water partition coefficient (Wildman–Crippen LogP) is 5.02. The number of esters is 1. The minimum atomic E-state index is -0.256. The van der Waals surface area contributed by atoms with Crippen LogP contribution in [0.4, 0.5) is 0 Å². The van der Waals surface area contributed by atoms with Gasteiger partial charge in [-0.15, -0.1) is 0 Å². The Morgan fingerprint density at radius 2 is 1.83 bits per heavy atom. The number of aromatic nitrogens is 1. The van der Waals surface area contributed by atoms with E-state index in [4.69, 9.17) is 4.74 Å². The summed E-state index contributed by atoms with van der Waals surface area (Å²) in [5, 5.41) is 2.89. The number of rotatable bonds is 10. The SMILES string of the molecule is CC(C)c1cnc2c(c1)CN(Cc1ccc(C(=O)NCCCC(=O)OCc3ccccc3)cc1)CC2. The van der Waals surface area contributed by atoms with E-state index in [1.807, 2.05) is 60.8 Å². The summed E-state index contributed by atoms with van der Waals surface area (Å²) >= 11 is 0. The Bertz CT molecular complexity index is 1160. The molecule has 4 rings (SSSR count). The van der Waals surface area contributed by atoms with Gasteiger partial charge in [0.25, 0.3) is 5.91 Å². The van der Waals surface area contributed by atoms with Crippen molar-refractivity contribution in [1.29, 1.82) is 0 Å². The molecule has 1 amide bonds. The Morgan fingerprint density at radius 1 is 1.06 bits per heavy atom. The van der Waals surface area contributed by atoms with E-state index >= 15 is 0 Å². The summed E-state index contributed by atoms with van der Waals surface area (Å²) in [5.41, 5.74) is 6.60. The lowest BCUT2D eigenvalue weighted by molar-refractivity contribution is -0.145. The van der Waals surface area contributed by atoms with Gasteiger partial charge >= 0.3 is 5.97 Å². The molecule has 36 heavy (non-hydrogen) atoms. The third-order valence-electron chi connectivity index (χ3n) is 6.51. The van der Waals surface area contributed by atoms with Crippen molar-refractivity contribution in [2.75, 3.05) is 13.1 Å². The Kier molecular flexibility index (Phi) is 8.85. The number of nitrogens with zero attached hydrogens (tertiary/aromatic N) is 2. The molecule has 0 saturated carbocycles. The molecule has 0 spiro atoms. The summed E-state index contributed by atoms with van der Waals surface area (Å²) in [4.78, 5) is 31.5. The average Bonchev–Trinajstić information content (AvgIpc) is 2.90. The number of hydrogen-bond donors (Lipinski definition) is 1. The number of benzene rings is 2. The van der Waals surface area contributed by atoms with Gasteiger partial charge in [0.1, 0.15) is 6.61 Å². The topological polar surface area (TPSA) is 71.5 Å². The molecular weight excluding hydrogens is 450 g/mol. The van der Waals surface area contributed by atoms with Gasteiger partial charge in [-0.1, -0.05) is 62.4 Å². The van der Waals surface area contributed by atoms with E-state index in [0.717, 1.165) is 31.6 Å². The molecule has 6 heteroatoms. The number of ether oxygens (including phenoxy) is 1. The summed E-state index contributed by atoms with van der Waals surface area (Å²) in [6.45, 7) is 7.83. The molecule has 1 N–H and O–H groups in total. The van der Waals surface area contributed by atoms with Gasteiger partial charge in [-0.2, -0.15) is 0 Å². The number of carbonyl (C=O) groups is 2. The zero-order valence-electron chi connectivity index (χ0n) is 21.2. The van der Waals surface area contributed by atoms with E-state index in [-0.39, 0.29) is 24.9 Å². The van der Waals surface area contributed by atoms with Crippen LogP contribution in [0.1, 0.15) is 70.9 Å². The number of carbonyl (C=O) groups excluding carboxylic acids is 2. The fourth-order valence-corrected chi connectivity index (χ4v) is 4.32. The van der Waals surface area contributed by atoms with E-state index in [0.29, 0.717) is 24.4 Å². The van der Waals surface area contributed by atoms with E-state index in [1.54, 1.807) is 0 Å². The summed E-state index contributed by atoms with van der Waals surface area (Å²) in [6, 6.07) is 19.7. The van der Waals surface area contributed by atoms with Crippen molar-refractivity contribution in [2.24, 2.45) is 0 Å². The summed E-state index contributed by atoms with van der Waals surface area (Å²) < 4.78 is 5.27. The molecular formula is C30H35N3O3. The van der Waals surface area contributed by atoms with Crippen LogP contribution in [0.5, 0.6) is 0 Å². The molecule has 2 heterocycles. The Labute approximate surface area is 213 Å². The molecule has 3 aromatic rings. The van der Waals surface area contributed by atoms with E-state index in [1.165, 1.54) is 22.4 Å². The maximum atomic E-state index is 12.5. The Balaban J connectivity index is 1.18. The second-order valence-electron chi connectivity index (χ2n) is 9.69. The molecule has 188 valence electrons. The van der Waals surface area contributed by atoms with Crippen molar-refractivity contribution in [3.8, 4) is 0 Å². The summed E-state index contributed by atoms with van der Waals surface area (Å²) in [5.74, 6) is 0.0951. The molecule has 0 atom stereocenters. The van der Waals surface area contributed by atoms with E-state index < -0.39 is 0 Å². The third kappa shape index (κ3) is 7.25. The predicted molar refractivity (Wildman–Crippen MR) is 140 cm³/mol. The molecule has 0 unspecified atom stereocenters. The fourth-order valence-electron chi connectivity index (χ4n) is 4.32. The molecule has 1 aliphatic heterocycles. The quantitative estimate of drug-likeness (QED) is 0.323. The van der Waals surface area contributed by atoms with Crippen molar-refractivity contribution in [1.82, 2.24) is 15.2 Å². The first-order valence-corrected chi connectivity index (χ1v) is 12.7. The highest BCUT2D eigenvalue weighted by Gasteiger charge is 2.18. The number of amides is 1. The van der Waals surface area contributed by atoms with Crippen molar-refractivity contribution < 1.29 is 14.3 Å². The second kappa shape index (κ2) is 12.5. The second-order valence-corrected chi connectivity index (χ2v) is 9.69. The molecule has 1 aliphatic rings. The van der Waals surface area contributed by atoms with Crippen LogP contribution in [0, 0.1) is 0 Å². The van der Waals surface area contributed by atoms with Crippen LogP contribution in [-0.4, -0.2) is 34.8 Å². The lowest BCUT2D eigenvalue weighted by atomic mass is 9.98. The normalized spacial score (nSPS) is 13.3. The fraction of sp³-hybridized carbons (Fsp3) is 0.367. The van der Waals surface area contributed by atoms with Gasteiger partial charge in [-0.3, -0.25) is 19.5 Å². The molecule has 0 aliphatic carbocycles. The largest absolute Gasteiger partial charge is 0.461 e. The van der Waals surface area contributed by atoms with Crippen LogP contribution in [0.15, 0.2) is 66.9 Å². The van der Waals surface area contributed by atoms with Crippen LogP contribution in [0.3, 0.4) is 0 Å². The Morgan fingerprint density at radius 3 is 2.58 bits per heavy atom. The lowest BCUT2D eigenvalue weighted by Crippen LogP contribution is -2.30. The molecule has 0 bridgehead atoms. The highest BCUT2D eigenvalue weighted by molar-refractivity contribution is 5.94. The van der Waals surface area contributed by atoms with Gasteiger partial charge in [0.05, 0.1) is 0 Å². The van der Waals surface area contributed by atoms with Gasteiger partial charge < -0.3 is 10.1 Å². The summed E-state index contributed by atoms with van der Waals surface area (Å²) in [7, 11) is 0. The third-order valence-corrected chi connectivity index (χ3v) is 6.51. The number of nitrogens with one attached hydrogen (secondary N) is 1. The van der Waals surface area contributed by atoms with Crippen molar-refractivity contribution in [2.45, 2.75) is 58.7 Å². The molecule has 0 saturated heterocycles. The van der Waals surface area contributed by atoms with Crippen LogP contribution in [-0.2, 0) is 35.6 Å². The van der Waals surface area contributed by atoms with Crippen LogP contribution in [0.2, 0.25) is 0 Å². The standard InChI is InChI=1S/C30H35N3O3/c1-22(2)26-17-27-20-33(16-14-28(27)32-18-26)19-23-10-12-25(13-11-23)30(35)31-15-6-9-29(34)36-21-24-7-4-3-5-8-24/h3-5,7-8,10-13,17-18,22H,6,9,14-16,19-21H2,1-2H3,(H,31,35). The molecule has 0 fully saturated rings. The first-order valence-electron chi connectivity index (χ1n) is 12.7. The van der Waals surface area contributed by atoms with Gasteiger partial charge in [0.15, 0.2) is 0 Å². The van der Waals surface area contributed by atoms with E-state index in [9.17, 15) is 9.59 Å². The zero-order valence-corrected chi connectivity index (χ0v) is 21.2. The van der Waals surface area contributed by atoms with Crippen molar-refractivity contribution in [3.05, 3.63) is 100 Å². The first-order chi connectivity index (χ1) is 17.5. The van der Waals surface area contributed by atoms with E-state index in [2.05, 4.69) is 35.1 Å². The van der Waals surface area contributed by atoms with Crippen molar-refractivity contribution in [3.63, 3.8) is 0 Å². The van der Waals surface area contributed by atoms with Gasteiger partial charge in [0.2, 0.25) is 0 Å². The smallest absolute Gasteiger partial charge is 0.306 e. The summed E-state index contributed by atoms with van der Waals surface area (Å²) in [6.07, 6.45) is 3.80. The molecule has 0 radical (unpaired) electrons. The highest BCUT2D eigenvalue weighted by Crippen LogP contribution is 2.23. The molecule has 6 nitrogen and oxygen atoms in total. The average molecular weight is 486 g/mol. The minimum Gasteiger partial charge on any atom is -0.461 e. The lowest BCUT2D eigenvalue weighted by Gasteiger charge is -2.28. The monoisotopic (exact) mass is 485 g/mol. The Hall–Kier alpha value is -3.51. The zero-order chi connectivity index (χ0) is 25.3. The maximum absolute atomic E-state index is 12.5. The van der Waals surface area contributed by atoms with Crippen molar-refractivity contribution >= 4 is 11.9 Å². The van der Waals surface area contributed by atoms with Crippen LogP contribution >= 0.6 is 0 Å². The first kappa shape index (κ1) is 25.6. The van der Waals surface area contributed by atoms with Gasteiger partial charge in [0, 0.05) is 56.5 Å². The number of hydrogen-bond acceptors (Lipinski definition) is 5. The molecule has 1 aromatic heterocycles. The highest BCUT2D eigenvalue weighted by atomic mass is 16.5. The number of pyridine rings is 1. The number of fused-ring (bicyclic) bond motifs is 1. The maximum Gasteiger partial charge on any atom is 0.306 e. The van der Waals surface area contributed by atoms with Gasteiger partial charge in [-0.05, 0) is 46.7 Å². The molecule has 2 aromatic carbocycles. The van der Waals surface area contributed by atoms with Crippen LogP contribution in [0.25, 0.3) is 0 Å². The van der Waals surface area contributed by atoms with Crippen LogP contribution < -0.4 is 5.32 Å².